The summed E-state index contributed by atoms with van der Waals surface area (Å²) in [5.74, 6) is 0.583. The topological polar surface area (TPSA) is 37.3 Å². The van der Waals surface area contributed by atoms with E-state index in [9.17, 15) is 4.79 Å². The molecule has 0 heterocycles. The Bertz CT molecular complexity index is 298. The average Bonchev–Trinajstić information content (AvgIpc) is 2.35. The van der Waals surface area contributed by atoms with Crippen LogP contribution in [-0.4, -0.2) is 17.0 Å². The molecule has 0 unspecified atom stereocenters. The maximum atomic E-state index is 11.0. The molecule has 1 aliphatic rings. The van der Waals surface area contributed by atoms with Gasteiger partial charge in [0.2, 0.25) is 0 Å². The molecular formula is C17H30O2. The summed E-state index contributed by atoms with van der Waals surface area (Å²) < 4.78 is 0. The number of aliphatic hydroxyl groups is 1. The van der Waals surface area contributed by atoms with Crippen molar-refractivity contribution >= 4 is 5.78 Å². The molecule has 0 bridgehead atoms. The van der Waals surface area contributed by atoms with Crippen molar-refractivity contribution in [2.75, 3.05) is 0 Å². The summed E-state index contributed by atoms with van der Waals surface area (Å²) in [7, 11) is 0. The number of rotatable bonds is 6. The summed E-state index contributed by atoms with van der Waals surface area (Å²) in [6.07, 6.45) is 13.6. The Hall–Kier alpha value is -0.890. The normalized spacial score (nSPS) is 15.6. The van der Waals surface area contributed by atoms with E-state index in [1.165, 1.54) is 32.1 Å². The molecule has 19 heavy (non-hydrogen) atoms. The first kappa shape index (κ1) is 18.1. The summed E-state index contributed by atoms with van der Waals surface area (Å²) in [5.41, 5.74) is 1.58. The minimum Gasteiger partial charge on any atom is -0.394 e. The fourth-order valence-corrected chi connectivity index (χ4v) is 1.87. The van der Waals surface area contributed by atoms with E-state index in [-0.39, 0.29) is 12.0 Å². The molecule has 1 rings (SSSR count). The smallest absolute Gasteiger partial charge is 0.132 e. The molecule has 1 atom stereocenters. The summed E-state index contributed by atoms with van der Waals surface area (Å²) in [5, 5.41) is 8.06. The monoisotopic (exact) mass is 266 g/mol. The van der Waals surface area contributed by atoms with Crippen LogP contribution in [0.4, 0.5) is 0 Å². The number of hydrogen-bond donors (Lipinski definition) is 1. The van der Waals surface area contributed by atoms with Gasteiger partial charge in [0.05, 0.1) is 0 Å². The molecule has 0 saturated heterocycles. The molecule has 0 aliphatic heterocycles. The molecule has 0 amide bonds. The highest BCUT2D eigenvalue weighted by Gasteiger charge is 2.07. The van der Waals surface area contributed by atoms with E-state index in [0.717, 1.165) is 6.42 Å². The molecular weight excluding hydrogens is 236 g/mol. The quantitative estimate of drug-likeness (QED) is 0.722. The largest absolute Gasteiger partial charge is 0.394 e. The van der Waals surface area contributed by atoms with Crippen molar-refractivity contribution in [3.8, 4) is 0 Å². The van der Waals surface area contributed by atoms with Crippen LogP contribution in [0.25, 0.3) is 0 Å². The van der Waals surface area contributed by atoms with Crippen molar-refractivity contribution in [1.82, 2.24) is 0 Å². The third-order valence-corrected chi connectivity index (χ3v) is 3.18. The van der Waals surface area contributed by atoms with Gasteiger partial charge in [0.1, 0.15) is 5.78 Å². The highest BCUT2D eigenvalue weighted by molar-refractivity contribution is 5.77. The number of carbonyl (C=O) groups excluding carboxylic acids is 1. The Morgan fingerprint density at radius 1 is 1.32 bits per heavy atom. The van der Waals surface area contributed by atoms with Gasteiger partial charge in [-0.15, -0.1) is 0 Å². The van der Waals surface area contributed by atoms with Gasteiger partial charge in [-0.2, -0.15) is 0 Å². The second-order valence-electron chi connectivity index (χ2n) is 5.64. The van der Waals surface area contributed by atoms with Gasteiger partial charge in [0.15, 0.2) is 0 Å². The van der Waals surface area contributed by atoms with E-state index in [1.54, 1.807) is 26.3 Å². The van der Waals surface area contributed by atoms with Gasteiger partial charge >= 0.3 is 0 Å². The van der Waals surface area contributed by atoms with Crippen LogP contribution in [0.2, 0.25) is 0 Å². The Kier molecular flexibility index (Phi) is 10.5. The predicted octanol–water partition coefficient (Wildman–Crippen LogP) is 4.44. The van der Waals surface area contributed by atoms with Crippen LogP contribution in [0.15, 0.2) is 23.8 Å². The molecule has 1 N–H and O–H groups in total. The van der Waals surface area contributed by atoms with Crippen molar-refractivity contribution in [2.45, 2.75) is 72.3 Å². The van der Waals surface area contributed by atoms with Gasteiger partial charge in [-0.05, 0) is 52.9 Å². The van der Waals surface area contributed by atoms with E-state index >= 15 is 0 Å². The average molecular weight is 266 g/mol. The Balaban J connectivity index is 0.000000711. The van der Waals surface area contributed by atoms with E-state index < -0.39 is 0 Å². The zero-order chi connectivity index (χ0) is 14.7. The summed E-state index contributed by atoms with van der Waals surface area (Å²) in [6.45, 7) is 7.17. The van der Waals surface area contributed by atoms with Gasteiger partial charge in [0, 0.05) is 12.0 Å². The summed E-state index contributed by atoms with van der Waals surface area (Å²) in [4.78, 5) is 11.0. The van der Waals surface area contributed by atoms with Crippen molar-refractivity contribution in [2.24, 2.45) is 5.92 Å². The highest BCUT2D eigenvalue weighted by Crippen LogP contribution is 2.19. The molecule has 0 aromatic carbocycles. The van der Waals surface area contributed by atoms with Gasteiger partial charge in [0.25, 0.3) is 0 Å². The first-order valence-electron chi connectivity index (χ1n) is 7.46. The summed E-state index contributed by atoms with van der Waals surface area (Å²) >= 11 is 0. The van der Waals surface area contributed by atoms with Crippen LogP contribution in [-0.2, 0) is 4.79 Å². The van der Waals surface area contributed by atoms with Crippen LogP contribution >= 0.6 is 0 Å². The lowest BCUT2D eigenvalue weighted by Gasteiger charge is -2.10. The SMILES string of the molecule is CC(=O)[C@H](C)CCCCC1=CC=CCC1.CC(C)O. The minimum atomic E-state index is -0.167. The number of aliphatic hydroxyl groups excluding tert-OH is 1. The predicted molar refractivity (Wildman–Crippen MR) is 82.1 cm³/mol. The van der Waals surface area contributed by atoms with Crippen LogP contribution in [0, 0.1) is 5.92 Å². The lowest BCUT2D eigenvalue weighted by Crippen LogP contribution is -2.05. The first-order valence-corrected chi connectivity index (χ1v) is 7.46. The van der Waals surface area contributed by atoms with Gasteiger partial charge in [-0.1, -0.05) is 37.1 Å². The Labute approximate surface area is 118 Å². The lowest BCUT2D eigenvalue weighted by molar-refractivity contribution is -0.120. The molecule has 1 aliphatic carbocycles. The van der Waals surface area contributed by atoms with Crippen molar-refractivity contribution in [3.05, 3.63) is 23.8 Å². The van der Waals surface area contributed by atoms with Crippen molar-refractivity contribution in [3.63, 3.8) is 0 Å². The van der Waals surface area contributed by atoms with Gasteiger partial charge in [-0.3, -0.25) is 4.79 Å². The number of allylic oxidation sites excluding steroid dienone is 4. The van der Waals surface area contributed by atoms with Gasteiger partial charge < -0.3 is 5.11 Å². The number of Topliss-reactive ketones (excluding diaryl/α,β-unsaturated/α-hetero) is 1. The molecule has 110 valence electrons. The number of unbranched alkanes of at least 4 members (excludes halogenated alkanes) is 1. The number of hydrogen-bond acceptors (Lipinski definition) is 2. The van der Waals surface area contributed by atoms with Crippen molar-refractivity contribution < 1.29 is 9.90 Å². The number of carbonyl (C=O) groups is 1. The summed E-state index contributed by atoms with van der Waals surface area (Å²) in [6, 6.07) is 0. The standard InChI is InChI=1S/C14H22O.C3H8O/c1-12(13(2)15)8-6-7-11-14-9-4-3-5-10-14;1-3(2)4/h3-4,9,12H,5-8,10-11H2,1-2H3;3-4H,1-2H3/t12-;/m1./s1. The highest BCUT2D eigenvalue weighted by atomic mass is 16.3. The van der Waals surface area contributed by atoms with E-state index in [2.05, 4.69) is 18.2 Å². The molecule has 0 fully saturated rings. The van der Waals surface area contributed by atoms with E-state index in [0.29, 0.717) is 5.78 Å². The molecule has 0 aromatic rings. The first-order chi connectivity index (χ1) is 8.93. The lowest BCUT2D eigenvalue weighted by atomic mass is 9.96. The van der Waals surface area contributed by atoms with Gasteiger partial charge in [-0.25, -0.2) is 0 Å². The number of ketones is 1. The van der Waals surface area contributed by atoms with Crippen LogP contribution < -0.4 is 0 Å². The molecule has 0 radical (unpaired) electrons. The molecule has 0 aromatic heterocycles. The second-order valence-corrected chi connectivity index (χ2v) is 5.64. The van der Waals surface area contributed by atoms with E-state index in [1.807, 2.05) is 6.92 Å². The van der Waals surface area contributed by atoms with Crippen LogP contribution in [0.5, 0.6) is 0 Å². The van der Waals surface area contributed by atoms with Crippen molar-refractivity contribution in [1.29, 1.82) is 0 Å². The molecule has 2 nitrogen and oxygen atoms in total. The molecule has 2 heteroatoms. The molecule has 0 spiro atoms. The second kappa shape index (κ2) is 11.0. The molecule has 0 saturated carbocycles. The maximum absolute atomic E-state index is 11.0. The zero-order valence-corrected chi connectivity index (χ0v) is 13.0. The third kappa shape index (κ3) is 11.9. The third-order valence-electron chi connectivity index (χ3n) is 3.18. The fourth-order valence-electron chi connectivity index (χ4n) is 1.87. The van der Waals surface area contributed by atoms with Crippen LogP contribution in [0.3, 0.4) is 0 Å². The minimum absolute atomic E-state index is 0.167. The zero-order valence-electron chi connectivity index (χ0n) is 13.0. The maximum Gasteiger partial charge on any atom is 0.132 e. The Morgan fingerprint density at radius 3 is 2.42 bits per heavy atom. The van der Waals surface area contributed by atoms with Crippen LogP contribution in [0.1, 0.15) is 66.2 Å². The van der Waals surface area contributed by atoms with E-state index in [4.69, 9.17) is 5.11 Å². The fraction of sp³-hybridized carbons (Fsp3) is 0.706. The Morgan fingerprint density at radius 2 is 1.95 bits per heavy atom.